The first-order valence-electron chi connectivity index (χ1n) is 9.20. The summed E-state index contributed by atoms with van der Waals surface area (Å²) >= 11 is 0. The third-order valence-electron chi connectivity index (χ3n) is 5.09. The van der Waals surface area contributed by atoms with Crippen LogP contribution < -0.4 is 14.5 Å². The van der Waals surface area contributed by atoms with Crippen molar-refractivity contribution in [3.05, 3.63) is 78.2 Å². The zero-order valence-electron chi connectivity index (χ0n) is 15.7. The Balaban J connectivity index is 1.65. The number of benzene rings is 2. The Morgan fingerprint density at radius 2 is 1.82 bits per heavy atom. The molecule has 6 heteroatoms. The van der Waals surface area contributed by atoms with Gasteiger partial charge in [-0.3, -0.25) is 4.98 Å². The third kappa shape index (κ3) is 3.60. The molecule has 0 radical (unpaired) electrons. The van der Waals surface area contributed by atoms with Crippen LogP contribution in [0.3, 0.4) is 0 Å². The van der Waals surface area contributed by atoms with Crippen LogP contribution in [0.1, 0.15) is 17.2 Å². The molecule has 0 amide bonds. The smallest absolute Gasteiger partial charge is 0.147 e. The minimum absolute atomic E-state index is 0.111. The van der Waals surface area contributed by atoms with Gasteiger partial charge in [-0.1, -0.05) is 12.1 Å². The van der Waals surface area contributed by atoms with Gasteiger partial charge in [0.2, 0.25) is 0 Å². The number of hydrogen-bond donors (Lipinski definition) is 0. The summed E-state index contributed by atoms with van der Waals surface area (Å²) < 4.78 is 5.28. The monoisotopic (exact) mass is 371 g/mol. The van der Waals surface area contributed by atoms with Gasteiger partial charge < -0.3 is 14.5 Å². The van der Waals surface area contributed by atoms with E-state index < -0.39 is 0 Å². The van der Waals surface area contributed by atoms with E-state index in [2.05, 4.69) is 38.0 Å². The van der Waals surface area contributed by atoms with Gasteiger partial charge in [0.15, 0.2) is 0 Å². The first-order valence-corrected chi connectivity index (χ1v) is 9.20. The van der Waals surface area contributed by atoms with E-state index in [1.165, 1.54) is 5.69 Å². The Bertz CT molecular complexity index is 951. The lowest BCUT2D eigenvalue weighted by Crippen LogP contribution is -2.49. The average molecular weight is 371 g/mol. The molecule has 0 bridgehead atoms. The molecule has 0 spiro atoms. The van der Waals surface area contributed by atoms with Gasteiger partial charge in [0.05, 0.1) is 31.0 Å². The predicted octanol–water partition coefficient (Wildman–Crippen LogP) is 3.42. The van der Waals surface area contributed by atoms with Crippen LogP contribution in [0.15, 0.2) is 67.1 Å². The van der Waals surface area contributed by atoms with E-state index in [4.69, 9.17) is 10.00 Å². The van der Waals surface area contributed by atoms with E-state index in [0.29, 0.717) is 5.56 Å². The molecule has 1 aliphatic rings. The molecule has 1 unspecified atom stereocenters. The normalized spacial score (nSPS) is 16.5. The van der Waals surface area contributed by atoms with Gasteiger partial charge >= 0.3 is 0 Å². The highest BCUT2D eigenvalue weighted by molar-refractivity contribution is 5.53. The minimum Gasteiger partial charge on any atom is -0.497 e. The summed E-state index contributed by atoms with van der Waals surface area (Å²) in [6.07, 6.45) is 5.22. The molecule has 0 N–H and O–H groups in total. The van der Waals surface area contributed by atoms with Crippen molar-refractivity contribution in [2.75, 3.05) is 36.5 Å². The van der Waals surface area contributed by atoms with Gasteiger partial charge in [-0.25, -0.2) is 4.98 Å². The molecule has 3 aromatic rings. The van der Waals surface area contributed by atoms with E-state index in [1.54, 1.807) is 25.7 Å². The Morgan fingerprint density at radius 3 is 2.46 bits per heavy atom. The number of methoxy groups -OCH3 is 1. The highest BCUT2D eigenvalue weighted by Gasteiger charge is 2.29. The first kappa shape index (κ1) is 17.8. The number of nitrogens with zero attached hydrogens (tertiary/aromatic N) is 5. The van der Waals surface area contributed by atoms with Crippen molar-refractivity contribution in [2.24, 2.45) is 0 Å². The van der Waals surface area contributed by atoms with Crippen LogP contribution in [0.4, 0.5) is 11.5 Å². The first-order chi connectivity index (χ1) is 13.8. The zero-order chi connectivity index (χ0) is 19.3. The molecule has 1 atom stereocenters. The second-order valence-corrected chi connectivity index (χ2v) is 6.65. The fourth-order valence-electron chi connectivity index (χ4n) is 3.59. The highest BCUT2D eigenvalue weighted by atomic mass is 16.5. The lowest BCUT2D eigenvalue weighted by Gasteiger charge is -2.43. The van der Waals surface area contributed by atoms with Crippen LogP contribution in [0, 0.1) is 11.3 Å². The second kappa shape index (κ2) is 7.97. The Morgan fingerprint density at radius 1 is 1.04 bits per heavy atom. The highest BCUT2D eigenvalue weighted by Crippen LogP contribution is 2.32. The van der Waals surface area contributed by atoms with Crippen LogP contribution in [0.2, 0.25) is 0 Å². The molecule has 1 aliphatic heterocycles. The quantitative estimate of drug-likeness (QED) is 0.700. The standard InChI is InChI=1S/C22H21N5O/c1-28-20-8-6-19(7-9-20)26-12-13-27(22-15-24-10-11-25-22)21(16-26)18-4-2-17(14-23)3-5-18/h2-11,15,21H,12-13,16H2,1H3. The maximum atomic E-state index is 9.11. The van der Waals surface area contributed by atoms with Crippen LogP contribution in [-0.4, -0.2) is 36.7 Å². The van der Waals surface area contributed by atoms with Gasteiger partial charge in [0.25, 0.3) is 0 Å². The van der Waals surface area contributed by atoms with Crippen LogP contribution in [0.5, 0.6) is 5.75 Å². The van der Waals surface area contributed by atoms with Gasteiger partial charge in [-0.15, -0.1) is 0 Å². The lowest BCUT2D eigenvalue weighted by atomic mass is 10.0. The van der Waals surface area contributed by atoms with Crippen LogP contribution in [-0.2, 0) is 0 Å². The van der Waals surface area contributed by atoms with E-state index >= 15 is 0 Å². The van der Waals surface area contributed by atoms with Gasteiger partial charge in [0.1, 0.15) is 11.6 Å². The predicted molar refractivity (Wildman–Crippen MR) is 108 cm³/mol. The number of anilines is 2. The second-order valence-electron chi connectivity index (χ2n) is 6.65. The maximum absolute atomic E-state index is 9.11. The lowest BCUT2D eigenvalue weighted by molar-refractivity contribution is 0.414. The molecule has 0 saturated carbocycles. The Kier molecular flexibility index (Phi) is 5.07. The third-order valence-corrected chi connectivity index (χ3v) is 5.09. The molecule has 0 aliphatic carbocycles. The molecular weight excluding hydrogens is 350 g/mol. The summed E-state index contributed by atoms with van der Waals surface area (Å²) in [4.78, 5) is 13.4. The van der Waals surface area contributed by atoms with Crippen molar-refractivity contribution in [3.63, 3.8) is 0 Å². The van der Waals surface area contributed by atoms with Crippen LogP contribution >= 0.6 is 0 Å². The maximum Gasteiger partial charge on any atom is 0.147 e. The molecule has 28 heavy (non-hydrogen) atoms. The van der Waals surface area contributed by atoms with Gasteiger partial charge in [0, 0.05) is 37.7 Å². The Hall–Kier alpha value is -3.59. The topological polar surface area (TPSA) is 65.3 Å². The molecule has 2 aromatic carbocycles. The molecule has 4 rings (SSSR count). The summed E-state index contributed by atoms with van der Waals surface area (Å²) in [5.41, 5.74) is 2.98. The summed E-state index contributed by atoms with van der Waals surface area (Å²) in [5.74, 6) is 1.72. The van der Waals surface area contributed by atoms with Crippen molar-refractivity contribution in [1.82, 2.24) is 9.97 Å². The van der Waals surface area contributed by atoms with Crippen molar-refractivity contribution >= 4 is 11.5 Å². The van der Waals surface area contributed by atoms with Crippen molar-refractivity contribution in [1.29, 1.82) is 5.26 Å². The Labute approximate surface area is 164 Å². The number of hydrogen-bond acceptors (Lipinski definition) is 6. The fourth-order valence-corrected chi connectivity index (χ4v) is 3.59. The zero-order valence-corrected chi connectivity index (χ0v) is 15.7. The number of nitriles is 1. The summed E-state index contributed by atoms with van der Waals surface area (Å²) in [6, 6.07) is 18.3. The molecule has 1 fully saturated rings. The number of aromatic nitrogens is 2. The largest absolute Gasteiger partial charge is 0.497 e. The van der Waals surface area contributed by atoms with Crippen molar-refractivity contribution in [3.8, 4) is 11.8 Å². The molecular formula is C22H21N5O. The molecule has 6 nitrogen and oxygen atoms in total. The number of piperazine rings is 1. The van der Waals surface area contributed by atoms with E-state index in [0.717, 1.165) is 36.8 Å². The molecule has 2 heterocycles. The molecule has 1 saturated heterocycles. The van der Waals surface area contributed by atoms with Crippen molar-refractivity contribution in [2.45, 2.75) is 6.04 Å². The van der Waals surface area contributed by atoms with E-state index in [9.17, 15) is 0 Å². The number of ether oxygens (including phenoxy) is 1. The van der Waals surface area contributed by atoms with E-state index in [1.807, 2.05) is 36.4 Å². The van der Waals surface area contributed by atoms with E-state index in [-0.39, 0.29) is 6.04 Å². The van der Waals surface area contributed by atoms with Gasteiger partial charge in [-0.2, -0.15) is 5.26 Å². The van der Waals surface area contributed by atoms with Crippen LogP contribution in [0.25, 0.3) is 0 Å². The van der Waals surface area contributed by atoms with Gasteiger partial charge in [-0.05, 0) is 42.0 Å². The average Bonchev–Trinajstić information content (AvgIpc) is 2.79. The minimum atomic E-state index is 0.111. The fraction of sp³-hybridized carbons (Fsp3) is 0.227. The number of rotatable bonds is 4. The molecule has 1 aromatic heterocycles. The summed E-state index contributed by atoms with van der Waals surface area (Å²) in [6.45, 7) is 2.53. The SMILES string of the molecule is COc1ccc(N2CCN(c3cnccn3)C(c3ccc(C#N)cc3)C2)cc1. The summed E-state index contributed by atoms with van der Waals surface area (Å²) in [5, 5.41) is 9.11. The summed E-state index contributed by atoms with van der Waals surface area (Å²) in [7, 11) is 1.68. The molecule has 140 valence electrons. The van der Waals surface area contributed by atoms with Crippen molar-refractivity contribution < 1.29 is 4.74 Å².